The number of rotatable bonds is 7. The van der Waals surface area contributed by atoms with Crippen molar-refractivity contribution in [1.82, 2.24) is 5.32 Å². The third-order valence-corrected chi connectivity index (χ3v) is 4.82. The number of carboxylic acids is 1. The number of carbonyl (C=O) groups is 2. The summed E-state index contributed by atoms with van der Waals surface area (Å²) in [6.45, 7) is 0. The highest BCUT2D eigenvalue weighted by atomic mass is 32.2. The van der Waals surface area contributed by atoms with Crippen LogP contribution in [0.15, 0.2) is 23.1 Å². The molecule has 1 aliphatic rings. The summed E-state index contributed by atoms with van der Waals surface area (Å²) in [5, 5.41) is 11.7. The number of methoxy groups -OCH3 is 1. The molecule has 1 unspecified atom stereocenters. The summed E-state index contributed by atoms with van der Waals surface area (Å²) in [6, 6.07) is 2.91. The number of amides is 1. The summed E-state index contributed by atoms with van der Waals surface area (Å²) >= 11 is 0. The van der Waals surface area contributed by atoms with E-state index in [2.05, 4.69) is 5.32 Å². The SMILES string of the molecule is COc1ccc(S(C)(=O)=O)cc1C(=O)NC(CC1CC1)C(=O)O. The molecule has 23 heavy (non-hydrogen) atoms. The smallest absolute Gasteiger partial charge is 0.326 e. The van der Waals surface area contributed by atoms with Crippen molar-refractivity contribution >= 4 is 21.7 Å². The predicted octanol–water partition coefficient (Wildman–Crippen LogP) is 1.08. The van der Waals surface area contributed by atoms with E-state index >= 15 is 0 Å². The fraction of sp³-hybridized carbons (Fsp3) is 0.467. The van der Waals surface area contributed by atoms with Crippen LogP contribution in [0, 0.1) is 5.92 Å². The fourth-order valence-corrected chi connectivity index (χ4v) is 2.89. The number of hydrogen-bond donors (Lipinski definition) is 2. The van der Waals surface area contributed by atoms with Crippen LogP contribution in [0.5, 0.6) is 5.75 Å². The minimum atomic E-state index is -3.49. The van der Waals surface area contributed by atoms with Crippen molar-refractivity contribution in [2.45, 2.75) is 30.2 Å². The third-order valence-electron chi connectivity index (χ3n) is 3.71. The highest BCUT2D eigenvalue weighted by Crippen LogP contribution is 2.33. The summed E-state index contributed by atoms with van der Waals surface area (Å²) in [7, 11) is -2.14. The summed E-state index contributed by atoms with van der Waals surface area (Å²) in [6.07, 6.45) is 3.33. The molecule has 0 spiro atoms. The van der Waals surface area contributed by atoms with Gasteiger partial charge in [-0.3, -0.25) is 4.79 Å². The number of ether oxygens (including phenoxy) is 1. The van der Waals surface area contributed by atoms with Crippen molar-refractivity contribution in [1.29, 1.82) is 0 Å². The molecule has 2 N–H and O–H groups in total. The van der Waals surface area contributed by atoms with Crippen molar-refractivity contribution in [2.75, 3.05) is 13.4 Å². The molecule has 1 amide bonds. The van der Waals surface area contributed by atoms with Crippen LogP contribution < -0.4 is 10.1 Å². The maximum Gasteiger partial charge on any atom is 0.326 e. The topological polar surface area (TPSA) is 110 Å². The lowest BCUT2D eigenvalue weighted by molar-refractivity contribution is -0.139. The number of benzene rings is 1. The summed E-state index contributed by atoms with van der Waals surface area (Å²) in [5.41, 5.74) is -0.00234. The number of carboxylic acid groups (broad SMARTS) is 1. The Labute approximate surface area is 134 Å². The van der Waals surface area contributed by atoms with E-state index in [9.17, 15) is 23.1 Å². The molecular formula is C15H19NO6S. The molecule has 0 aliphatic heterocycles. The highest BCUT2D eigenvalue weighted by Gasteiger charge is 2.31. The van der Waals surface area contributed by atoms with Gasteiger partial charge in [0.25, 0.3) is 5.91 Å². The van der Waals surface area contributed by atoms with E-state index < -0.39 is 27.8 Å². The second-order valence-corrected chi connectivity index (χ2v) is 7.69. The average Bonchev–Trinajstić information content (AvgIpc) is 3.28. The lowest BCUT2D eigenvalue weighted by Crippen LogP contribution is -2.41. The van der Waals surface area contributed by atoms with E-state index in [1.54, 1.807) is 0 Å². The van der Waals surface area contributed by atoms with Crippen LogP contribution >= 0.6 is 0 Å². The maximum atomic E-state index is 12.4. The van der Waals surface area contributed by atoms with Crippen molar-refractivity contribution < 1.29 is 27.9 Å². The lowest BCUT2D eigenvalue weighted by Gasteiger charge is -2.16. The van der Waals surface area contributed by atoms with Gasteiger partial charge in [-0.2, -0.15) is 0 Å². The normalized spacial score (nSPS) is 15.7. The first-order valence-corrected chi connectivity index (χ1v) is 9.03. The van der Waals surface area contributed by atoms with E-state index in [4.69, 9.17) is 4.74 Å². The van der Waals surface area contributed by atoms with Gasteiger partial charge < -0.3 is 15.2 Å². The molecule has 1 saturated carbocycles. The Morgan fingerprint density at radius 1 is 1.39 bits per heavy atom. The van der Waals surface area contributed by atoms with Crippen LogP contribution in [-0.2, 0) is 14.6 Å². The Kier molecular flexibility index (Phi) is 4.93. The Bertz CT molecular complexity index is 723. The van der Waals surface area contributed by atoms with Gasteiger partial charge in [0, 0.05) is 6.26 Å². The molecule has 1 fully saturated rings. The zero-order valence-corrected chi connectivity index (χ0v) is 13.7. The van der Waals surface area contributed by atoms with E-state index in [1.807, 2.05) is 0 Å². The number of sulfone groups is 1. The molecule has 2 rings (SSSR count). The Balaban J connectivity index is 2.27. The molecule has 7 nitrogen and oxygen atoms in total. The average molecular weight is 341 g/mol. The quantitative estimate of drug-likeness (QED) is 0.768. The zero-order valence-electron chi connectivity index (χ0n) is 12.9. The zero-order chi connectivity index (χ0) is 17.2. The van der Waals surface area contributed by atoms with Crippen LogP contribution in [0.1, 0.15) is 29.6 Å². The molecule has 126 valence electrons. The van der Waals surface area contributed by atoms with Gasteiger partial charge in [-0.15, -0.1) is 0 Å². The first-order valence-electron chi connectivity index (χ1n) is 7.14. The van der Waals surface area contributed by atoms with Crippen LogP contribution in [0.4, 0.5) is 0 Å². The van der Waals surface area contributed by atoms with Crippen LogP contribution in [0.2, 0.25) is 0 Å². The molecule has 0 bridgehead atoms. The molecule has 0 aromatic heterocycles. The molecule has 8 heteroatoms. The first kappa shape index (κ1) is 17.3. The molecule has 0 saturated heterocycles. The van der Waals surface area contributed by atoms with Crippen LogP contribution in [0.25, 0.3) is 0 Å². The van der Waals surface area contributed by atoms with Crippen molar-refractivity contribution in [3.63, 3.8) is 0 Å². The highest BCUT2D eigenvalue weighted by molar-refractivity contribution is 7.90. The number of nitrogens with one attached hydrogen (secondary N) is 1. The molecule has 0 radical (unpaired) electrons. The maximum absolute atomic E-state index is 12.4. The van der Waals surface area contributed by atoms with E-state index in [-0.39, 0.29) is 16.2 Å². The number of hydrogen-bond acceptors (Lipinski definition) is 5. The molecule has 1 atom stereocenters. The Morgan fingerprint density at radius 3 is 2.52 bits per heavy atom. The Morgan fingerprint density at radius 2 is 2.04 bits per heavy atom. The summed E-state index contributed by atoms with van der Waals surface area (Å²) in [4.78, 5) is 23.6. The summed E-state index contributed by atoms with van der Waals surface area (Å²) in [5.74, 6) is -1.27. The fourth-order valence-electron chi connectivity index (χ4n) is 2.24. The molecule has 1 aromatic carbocycles. The van der Waals surface area contributed by atoms with E-state index in [0.29, 0.717) is 12.3 Å². The van der Waals surface area contributed by atoms with Gasteiger partial charge in [0.15, 0.2) is 9.84 Å². The number of aliphatic carboxylic acids is 1. The first-order chi connectivity index (χ1) is 10.7. The van der Waals surface area contributed by atoms with Gasteiger partial charge >= 0.3 is 5.97 Å². The monoisotopic (exact) mass is 341 g/mol. The molecule has 1 aliphatic carbocycles. The number of carbonyl (C=O) groups excluding carboxylic acids is 1. The van der Waals surface area contributed by atoms with Gasteiger partial charge in [-0.25, -0.2) is 13.2 Å². The standard InChI is InChI=1S/C15H19NO6S/c1-22-13-6-5-10(23(2,20)21)8-11(13)14(17)16-12(15(18)19)7-9-3-4-9/h5-6,8-9,12H,3-4,7H2,1-2H3,(H,16,17)(H,18,19). The minimum absolute atomic E-state index is 0.00234. The van der Waals surface area contributed by atoms with Gasteiger partial charge in [0.1, 0.15) is 11.8 Å². The van der Waals surface area contributed by atoms with E-state index in [1.165, 1.54) is 25.3 Å². The third kappa shape index (κ3) is 4.44. The molecule has 0 heterocycles. The van der Waals surface area contributed by atoms with Crippen molar-refractivity contribution in [3.8, 4) is 5.75 Å². The van der Waals surface area contributed by atoms with Gasteiger partial charge in [-0.05, 0) is 30.5 Å². The lowest BCUT2D eigenvalue weighted by atomic mass is 10.1. The molecule has 1 aromatic rings. The van der Waals surface area contributed by atoms with Gasteiger partial charge in [-0.1, -0.05) is 12.8 Å². The van der Waals surface area contributed by atoms with Gasteiger partial charge in [0.05, 0.1) is 17.6 Å². The molecular weight excluding hydrogens is 322 g/mol. The Hall–Kier alpha value is -2.09. The van der Waals surface area contributed by atoms with Gasteiger partial charge in [0.2, 0.25) is 0 Å². The predicted molar refractivity (Wildman–Crippen MR) is 82.3 cm³/mol. The second-order valence-electron chi connectivity index (χ2n) is 5.68. The van der Waals surface area contributed by atoms with Crippen molar-refractivity contribution in [3.05, 3.63) is 23.8 Å². The van der Waals surface area contributed by atoms with E-state index in [0.717, 1.165) is 19.1 Å². The van der Waals surface area contributed by atoms with Crippen LogP contribution in [0.3, 0.4) is 0 Å². The summed E-state index contributed by atoms with van der Waals surface area (Å²) < 4.78 is 28.3. The minimum Gasteiger partial charge on any atom is -0.496 e. The van der Waals surface area contributed by atoms with Crippen LogP contribution in [-0.4, -0.2) is 44.8 Å². The largest absolute Gasteiger partial charge is 0.496 e. The second kappa shape index (κ2) is 6.57. The van der Waals surface area contributed by atoms with Crippen molar-refractivity contribution in [2.24, 2.45) is 5.92 Å².